The third kappa shape index (κ3) is 2.07. The van der Waals surface area contributed by atoms with E-state index in [0.29, 0.717) is 6.04 Å². The molecular formula is C14H18N2O. The van der Waals surface area contributed by atoms with E-state index in [4.69, 9.17) is 0 Å². The van der Waals surface area contributed by atoms with Gasteiger partial charge in [-0.3, -0.25) is 9.69 Å². The minimum absolute atomic E-state index is 0.229. The van der Waals surface area contributed by atoms with Crippen molar-refractivity contribution >= 4 is 5.91 Å². The van der Waals surface area contributed by atoms with Crippen molar-refractivity contribution in [3.63, 3.8) is 0 Å². The van der Waals surface area contributed by atoms with Crippen LogP contribution in [0.25, 0.3) is 0 Å². The summed E-state index contributed by atoms with van der Waals surface area (Å²) in [7, 11) is 0. The number of nitrogens with one attached hydrogen (secondary N) is 1. The van der Waals surface area contributed by atoms with E-state index in [1.54, 1.807) is 0 Å². The first-order valence-electron chi connectivity index (χ1n) is 6.40. The third-order valence-corrected chi connectivity index (χ3v) is 3.97. The number of piperidine rings is 1. The van der Waals surface area contributed by atoms with E-state index in [0.717, 1.165) is 32.5 Å². The van der Waals surface area contributed by atoms with Gasteiger partial charge >= 0.3 is 0 Å². The molecule has 2 unspecified atom stereocenters. The predicted octanol–water partition coefficient (Wildman–Crippen LogP) is 1.40. The maximum atomic E-state index is 11.7. The zero-order valence-corrected chi connectivity index (χ0v) is 9.93. The molecule has 2 heterocycles. The standard InChI is InChI=1S/C14H18N2O/c17-14-12-7-9-16(13(12)6-8-15-14)10-11-4-2-1-3-5-11/h1-5,12-13H,6-10H2,(H,15,17). The van der Waals surface area contributed by atoms with Gasteiger partial charge < -0.3 is 5.32 Å². The van der Waals surface area contributed by atoms with Crippen molar-refractivity contribution in [1.29, 1.82) is 0 Å². The number of likely N-dealkylation sites (tertiary alicyclic amines) is 1. The van der Waals surface area contributed by atoms with Crippen LogP contribution in [-0.2, 0) is 11.3 Å². The Bertz CT molecular complexity index is 404. The van der Waals surface area contributed by atoms with Crippen LogP contribution in [0.3, 0.4) is 0 Å². The molecule has 0 saturated carbocycles. The van der Waals surface area contributed by atoms with E-state index in [9.17, 15) is 4.79 Å². The first kappa shape index (κ1) is 10.8. The number of rotatable bonds is 2. The number of nitrogens with zero attached hydrogens (tertiary/aromatic N) is 1. The van der Waals surface area contributed by atoms with Crippen molar-refractivity contribution in [2.45, 2.75) is 25.4 Å². The smallest absolute Gasteiger partial charge is 0.224 e. The molecule has 2 fully saturated rings. The maximum Gasteiger partial charge on any atom is 0.224 e. The van der Waals surface area contributed by atoms with Crippen molar-refractivity contribution in [3.05, 3.63) is 35.9 Å². The second-order valence-electron chi connectivity index (χ2n) is 5.00. The molecule has 1 aromatic rings. The van der Waals surface area contributed by atoms with Crippen LogP contribution < -0.4 is 5.32 Å². The average Bonchev–Trinajstić information content (AvgIpc) is 2.76. The number of benzene rings is 1. The van der Waals surface area contributed by atoms with Crippen molar-refractivity contribution in [3.8, 4) is 0 Å². The van der Waals surface area contributed by atoms with Crippen molar-refractivity contribution in [2.24, 2.45) is 5.92 Å². The molecule has 3 nitrogen and oxygen atoms in total. The molecule has 1 N–H and O–H groups in total. The summed E-state index contributed by atoms with van der Waals surface area (Å²) in [5.41, 5.74) is 1.35. The van der Waals surface area contributed by atoms with Gasteiger partial charge in [-0.1, -0.05) is 30.3 Å². The van der Waals surface area contributed by atoms with Gasteiger partial charge in [-0.25, -0.2) is 0 Å². The van der Waals surface area contributed by atoms with Gasteiger partial charge in [-0.2, -0.15) is 0 Å². The first-order valence-corrected chi connectivity index (χ1v) is 6.40. The fraction of sp³-hybridized carbons (Fsp3) is 0.500. The van der Waals surface area contributed by atoms with Crippen molar-refractivity contribution in [1.82, 2.24) is 10.2 Å². The topological polar surface area (TPSA) is 32.3 Å². The Hall–Kier alpha value is -1.35. The number of carbonyl (C=O) groups is 1. The number of hydrogen-bond acceptors (Lipinski definition) is 2. The second-order valence-corrected chi connectivity index (χ2v) is 5.00. The monoisotopic (exact) mass is 230 g/mol. The highest BCUT2D eigenvalue weighted by Gasteiger charge is 2.40. The number of hydrogen-bond donors (Lipinski definition) is 1. The van der Waals surface area contributed by atoms with Gasteiger partial charge in [0.25, 0.3) is 0 Å². The van der Waals surface area contributed by atoms with Crippen molar-refractivity contribution in [2.75, 3.05) is 13.1 Å². The van der Waals surface area contributed by atoms with Crippen LogP contribution in [0.15, 0.2) is 30.3 Å². The second kappa shape index (κ2) is 4.49. The molecule has 3 heteroatoms. The Morgan fingerprint density at radius 2 is 2.06 bits per heavy atom. The zero-order valence-electron chi connectivity index (χ0n) is 9.93. The van der Waals surface area contributed by atoms with E-state index in [1.165, 1.54) is 5.56 Å². The molecular weight excluding hydrogens is 212 g/mol. The minimum atomic E-state index is 0.229. The molecule has 0 spiro atoms. The highest BCUT2D eigenvalue weighted by molar-refractivity contribution is 5.80. The normalized spacial score (nSPS) is 28.8. The van der Waals surface area contributed by atoms with E-state index in [1.807, 2.05) is 6.07 Å². The fourth-order valence-electron chi connectivity index (χ4n) is 3.10. The summed E-state index contributed by atoms with van der Waals surface area (Å²) in [6, 6.07) is 11.0. The molecule has 0 aliphatic carbocycles. The Kier molecular flexibility index (Phi) is 2.85. The molecule has 0 aromatic heterocycles. The minimum Gasteiger partial charge on any atom is -0.356 e. The average molecular weight is 230 g/mol. The van der Waals surface area contributed by atoms with Gasteiger partial charge in [0.1, 0.15) is 0 Å². The summed E-state index contributed by atoms with van der Waals surface area (Å²) >= 11 is 0. The summed E-state index contributed by atoms with van der Waals surface area (Å²) < 4.78 is 0. The quantitative estimate of drug-likeness (QED) is 0.833. The van der Waals surface area contributed by atoms with Crippen LogP contribution in [0.4, 0.5) is 0 Å². The highest BCUT2D eigenvalue weighted by Crippen LogP contribution is 2.30. The molecule has 1 aromatic carbocycles. The molecule has 0 bridgehead atoms. The zero-order chi connectivity index (χ0) is 11.7. The number of carbonyl (C=O) groups excluding carboxylic acids is 1. The van der Waals surface area contributed by atoms with Gasteiger partial charge in [0.05, 0.1) is 5.92 Å². The molecule has 0 radical (unpaired) electrons. The maximum absolute atomic E-state index is 11.7. The predicted molar refractivity (Wildman–Crippen MR) is 66.4 cm³/mol. The SMILES string of the molecule is O=C1NCCC2C1CCN2Cc1ccccc1. The number of fused-ring (bicyclic) bond motifs is 1. The van der Waals surface area contributed by atoms with E-state index in [-0.39, 0.29) is 11.8 Å². The van der Waals surface area contributed by atoms with Crippen LogP contribution in [0, 0.1) is 5.92 Å². The van der Waals surface area contributed by atoms with Crippen LogP contribution in [-0.4, -0.2) is 29.9 Å². The van der Waals surface area contributed by atoms with Crippen LogP contribution in [0.5, 0.6) is 0 Å². The van der Waals surface area contributed by atoms with Gasteiger partial charge in [0.15, 0.2) is 0 Å². The van der Waals surface area contributed by atoms with Crippen LogP contribution in [0.2, 0.25) is 0 Å². The van der Waals surface area contributed by atoms with Gasteiger partial charge in [-0.15, -0.1) is 0 Å². The van der Waals surface area contributed by atoms with Gasteiger partial charge in [0.2, 0.25) is 5.91 Å². The largest absolute Gasteiger partial charge is 0.356 e. The molecule has 3 rings (SSSR count). The first-order chi connectivity index (χ1) is 8.34. The lowest BCUT2D eigenvalue weighted by Gasteiger charge is -2.31. The Morgan fingerprint density at radius 1 is 1.24 bits per heavy atom. The Labute approximate surface area is 102 Å². The molecule has 2 saturated heterocycles. The summed E-state index contributed by atoms with van der Waals surface area (Å²) in [4.78, 5) is 14.2. The molecule has 90 valence electrons. The summed E-state index contributed by atoms with van der Waals surface area (Å²) in [5, 5.41) is 2.97. The fourth-order valence-corrected chi connectivity index (χ4v) is 3.10. The highest BCUT2D eigenvalue weighted by atomic mass is 16.2. The van der Waals surface area contributed by atoms with Gasteiger partial charge in [-0.05, 0) is 24.9 Å². The molecule has 2 aliphatic heterocycles. The van der Waals surface area contributed by atoms with E-state index in [2.05, 4.69) is 34.5 Å². The number of amides is 1. The molecule has 2 atom stereocenters. The molecule has 17 heavy (non-hydrogen) atoms. The van der Waals surface area contributed by atoms with Crippen LogP contribution in [0.1, 0.15) is 18.4 Å². The summed E-state index contributed by atoms with van der Waals surface area (Å²) in [5.74, 6) is 0.490. The van der Waals surface area contributed by atoms with Crippen LogP contribution >= 0.6 is 0 Å². The summed E-state index contributed by atoms with van der Waals surface area (Å²) in [6.07, 6.45) is 2.12. The van der Waals surface area contributed by atoms with Gasteiger partial charge in [0, 0.05) is 19.1 Å². The molecule has 1 amide bonds. The lowest BCUT2D eigenvalue weighted by Crippen LogP contribution is -2.47. The van der Waals surface area contributed by atoms with Crippen molar-refractivity contribution < 1.29 is 4.79 Å². The lowest BCUT2D eigenvalue weighted by atomic mass is 9.93. The Morgan fingerprint density at radius 3 is 2.88 bits per heavy atom. The Balaban J connectivity index is 1.71. The van der Waals surface area contributed by atoms with E-state index < -0.39 is 0 Å². The lowest BCUT2D eigenvalue weighted by molar-refractivity contribution is -0.127. The van der Waals surface area contributed by atoms with E-state index >= 15 is 0 Å². The molecule has 2 aliphatic rings. The third-order valence-electron chi connectivity index (χ3n) is 3.97. The summed E-state index contributed by atoms with van der Waals surface area (Å²) in [6.45, 7) is 2.87.